The predicted octanol–water partition coefficient (Wildman–Crippen LogP) is 4.24. The van der Waals surface area contributed by atoms with E-state index in [-0.39, 0.29) is 5.56 Å². The number of pyridine rings is 1. The van der Waals surface area contributed by atoms with Crippen molar-refractivity contribution in [3.8, 4) is 11.5 Å². The number of benzene rings is 1. The van der Waals surface area contributed by atoms with Gasteiger partial charge in [0, 0.05) is 11.3 Å². The Balaban J connectivity index is 1.51. The number of hydrogen-bond acceptors (Lipinski definition) is 5. The summed E-state index contributed by atoms with van der Waals surface area (Å²) >= 11 is 0. The van der Waals surface area contributed by atoms with Crippen LogP contribution in [0.3, 0.4) is 0 Å². The van der Waals surface area contributed by atoms with Crippen molar-refractivity contribution in [2.45, 2.75) is 46.6 Å². The number of hydrogen-bond donors (Lipinski definition) is 0. The first-order valence-corrected chi connectivity index (χ1v) is 10.4. The number of nitrogens with zero attached hydrogens (tertiary/aromatic N) is 4. The average Bonchev–Trinajstić information content (AvgIpc) is 3.09. The van der Waals surface area contributed by atoms with Gasteiger partial charge < -0.3 is 4.42 Å². The van der Waals surface area contributed by atoms with Crippen LogP contribution in [0.1, 0.15) is 41.6 Å². The Hall–Kier alpha value is -3.28. The minimum Gasteiger partial charge on any atom is -0.441 e. The highest BCUT2D eigenvalue weighted by Gasteiger charge is 2.19. The van der Waals surface area contributed by atoms with E-state index < -0.39 is 0 Å². The fourth-order valence-corrected chi connectivity index (χ4v) is 4.17. The number of rotatable bonds is 3. The van der Waals surface area contributed by atoms with Gasteiger partial charge in [0.1, 0.15) is 17.8 Å². The molecule has 152 valence electrons. The first-order valence-electron chi connectivity index (χ1n) is 10.4. The predicted molar refractivity (Wildman–Crippen MR) is 116 cm³/mol. The van der Waals surface area contributed by atoms with Gasteiger partial charge >= 0.3 is 0 Å². The Kier molecular flexibility index (Phi) is 4.50. The smallest absolute Gasteiger partial charge is 0.263 e. The van der Waals surface area contributed by atoms with E-state index in [4.69, 9.17) is 4.42 Å². The monoisotopic (exact) mass is 400 g/mol. The zero-order valence-corrected chi connectivity index (χ0v) is 17.5. The number of aryl methyl sites for hydroxylation is 3. The maximum absolute atomic E-state index is 13.2. The molecule has 0 saturated heterocycles. The van der Waals surface area contributed by atoms with Crippen molar-refractivity contribution < 1.29 is 4.42 Å². The summed E-state index contributed by atoms with van der Waals surface area (Å²) in [5.41, 5.74) is 5.50. The minimum absolute atomic E-state index is 0.0898. The Morgan fingerprint density at radius 1 is 1.20 bits per heavy atom. The van der Waals surface area contributed by atoms with Crippen molar-refractivity contribution >= 4 is 11.0 Å². The fourth-order valence-electron chi connectivity index (χ4n) is 4.17. The van der Waals surface area contributed by atoms with Crippen LogP contribution in [0, 0.1) is 19.8 Å². The van der Waals surface area contributed by atoms with Crippen LogP contribution in [0.5, 0.6) is 0 Å². The zero-order valence-electron chi connectivity index (χ0n) is 17.5. The molecule has 3 heterocycles. The van der Waals surface area contributed by atoms with Gasteiger partial charge in [-0.3, -0.25) is 9.36 Å². The van der Waals surface area contributed by atoms with Crippen LogP contribution in [0.25, 0.3) is 22.5 Å². The maximum atomic E-state index is 13.2. The van der Waals surface area contributed by atoms with E-state index in [1.807, 2.05) is 44.2 Å². The molecule has 0 unspecified atom stereocenters. The van der Waals surface area contributed by atoms with E-state index in [1.165, 1.54) is 5.56 Å². The fraction of sp³-hybridized carbons (Fsp3) is 0.333. The Morgan fingerprint density at radius 2 is 2.07 bits per heavy atom. The molecule has 5 rings (SSSR count). The normalized spacial score (nSPS) is 16.0. The van der Waals surface area contributed by atoms with Crippen molar-refractivity contribution in [2.75, 3.05) is 0 Å². The molecule has 1 atom stereocenters. The Morgan fingerprint density at radius 3 is 2.90 bits per heavy atom. The lowest BCUT2D eigenvalue weighted by Gasteiger charge is -2.20. The lowest BCUT2D eigenvalue weighted by atomic mass is 9.87. The van der Waals surface area contributed by atoms with Crippen LogP contribution in [0.15, 0.2) is 45.9 Å². The topological polar surface area (TPSA) is 73.8 Å². The van der Waals surface area contributed by atoms with Crippen LogP contribution in [-0.2, 0) is 19.4 Å². The van der Waals surface area contributed by atoms with Crippen molar-refractivity contribution in [2.24, 2.45) is 5.92 Å². The highest BCUT2D eigenvalue weighted by molar-refractivity contribution is 5.74. The van der Waals surface area contributed by atoms with Crippen LogP contribution in [0.2, 0.25) is 0 Å². The molecule has 0 bridgehead atoms. The second-order valence-electron chi connectivity index (χ2n) is 8.38. The van der Waals surface area contributed by atoms with E-state index in [2.05, 4.69) is 21.9 Å². The summed E-state index contributed by atoms with van der Waals surface area (Å²) in [6.45, 7) is 6.47. The molecule has 30 heavy (non-hydrogen) atoms. The minimum atomic E-state index is -0.0898. The van der Waals surface area contributed by atoms with Gasteiger partial charge in [0.25, 0.3) is 5.56 Å². The van der Waals surface area contributed by atoms with Crippen molar-refractivity contribution in [1.82, 2.24) is 19.5 Å². The number of aromatic nitrogens is 4. The van der Waals surface area contributed by atoms with Gasteiger partial charge in [0.2, 0.25) is 5.89 Å². The first-order chi connectivity index (χ1) is 14.5. The Labute approximate surface area is 174 Å². The van der Waals surface area contributed by atoms with Gasteiger partial charge in [-0.25, -0.2) is 15.0 Å². The van der Waals surface area contributed by atoms with Crippen LogP contribution in [-0.4, -0.2) is 19.5 Å². The number of oxazole rings is 1. The van der Waals surface area contributed by atoms with E-state index in [0.29, 0.717) is 35.1 Å². The number of fused-ring (bicyclic) bond motifs is 2. The van der Waals surface area contributed by atoms with E-state index in [9.17, 15) is 4.79 Å². The standard InChI is InChI=1S/C24H24N4O2/c1-14-5-4-6-17(9-14)23-27-21(16(3)30-23)12-28-13-25-22-19(24(28)29)11-18-10-15(2)7-8-20(18)26-22/h4-6,9,11,13,15H,7-8,10,12H2,1-3H3/t15-/m1/s1. The van der Waals surface area contributed by atoms with Crippen molar-refractivity contribution in [3.05, 3.63) is 75.3 Å². The third-order valence-electron chi connectivity index (χ3n) is 5.90. The molecule has 0 saturated carbocycles. The summed E-state index contributed by atoms with van der Waals surface area (Å²) in [4.78, 5) is 26.9. The summed E-state index contributed by atoms with van der Waals surface area (Å²) in [6.07, 6.45) is 4.62. The van der Waals surface area contributed by atoms with Crippen LogP contribution < -0.4 is 5.56 Å². The molecule has 3 aromatic heterocycles. The average molecular weight is 400 g/mol. The summed E-state index contributed by atoms with van der Waals surface area (Å²) in [5, 5.41) is 0.574. The second-order valence-corrected chi connectivity index (χ2v) is 8.38. The molecule has 0 amide bonds. The first kappa shape index (κ1) is 18.7. The molecule has 0 aliphatic heterocycles. The lowest BCUT2D eigenvalue weighted by molar-refractivity contribution is 0.495. The molecule has 1 aliphatic rings. The largest absolute Gasteiger partial charge is 0.441 e. The van der Waals surface area contributed by atoms with Crippen molar-refractivity contribution in [1.29, 1.82) is 0 Å². The SMILES string of the molecule is Cc1cccc(-c2nc(Cn3cnc4nc5c(cc4c3=O)C[C@H](C)CC5)c(C)o2)c1. The van der Waals surface area contributed by atoms with Gasteiger partial charge in [-0.15, -0.1) is 0 Å². The highest BCUT2D eigenvalue weighted by Crippen LogP contribution is 2.26. The lowest BCUT2D eigenvalue weighted by Crippen LogP contribution is -2.23. The molecular formula is C24H24N4O2. The Bertz CT molecular complexity index is 1320. The molecule has 6 nitrogen and oxygen atoms in total. The molecule has 0 spiro atoms. The molecule has 0 radical (unpaired) electrons. The van der Waals surface area contributed by atoms with E-state index >= 15 is 0 Å². The molecule has 0 N–H and O–H groups in total. The zero-order chi connectivity index (χ0) is 20.8. The molecule has 6 heteroatoms. The van der Waals surface area contributed by atoms with Crippen molar-refractivity contribution in [3.63, 3.8) is 0 Å². The molecule has 4 aromatic rings. The van der Waals surface area contributed by atoms with Gasteiger partial charge in [0.05, 0.1) is 11.9 Å². The van der Waals surface area contributed by atoms with Gasteiger partial charge in [-0.05, 0) is 62.8 Å². The molecule has 1 aromatic carbocycles. The summed E-state index contributed by atoms with van der Waals surface area (Å²) in [7, 11) is 0. The second kappa shape index (κ2) is 7.20. The summed E-state index contributed by atoms with van der Waals surface area (Å²) < 4.78 is 7.47. The molecular weight excluding hydrogens is 376 g/mol. The van der Waals surface area contributed by atoms with Gasteiger partial charge in [0.15, 0.2) is 5.65 Å². The molecule has 1 aliphatic carbocycles. The summed E-state index contributed by atoms with van der Waals surface area (Å²) in [5.74, 6) is 1.89. The van der Waals surface area contributed by atoms with Crippen LogP contribution >= 0.6 is 0 Å². The van der Waals surface area contributed by atoms with E-state index in [0.717, 1.165) is 41.8 Å². The van der Waals surface area contributed by atoms with Crippen LogP contribution in [0.4, 0.5) is 0 Å². The maximum Gasteiger partial charge on any atom is 0.263 e. The summed E-state index contributed by atoms with van der Waals surface area (Å²) in [6, 6.07) is 10.0. The van der Waals surface area contributed by atoms with Gasteiger partial charge in [-0.2, -0.15) is 0 Å². The molecule has 0 fully saturated rings. The quantitative estimate of drug-likeness (QED) is 0.514. The third kappa shape index (κ3) is 3.32. The van der Waals surface area contributed by atoms with E-state index in [1.54, 1.807) is 10.9 Å². The third-order valence-corrected chi connectivity index (χ3v) is 5.90. The van der Waals surface area contributed by atoms with Gasteiger partial charge in [-0.1, -0.05) is 24.6 Å². The highest BCUT2D eigenvalue weighted by atomic mass is 16.4.